The van der Waals surface area contributed by atoms with Gasteiger partial charge >= 0.3 is 0 Å². The Kier molecular flexibility index (Phi) is 5.03. The Bertz CT molecular complexity index is 854. The van der Waals surface area contributed by atoms with Crippen molar-refractivity contribution >= 4 is 34.5 Å². The summed E-state index contributed by atoms with van der Waals surface area (Å²) in [4.78, 5) is 33.0. The predicted molar refractivity (Wildman–Crippen MR) is 110 cm³/mol. The Labute approximate surface area is 164 Å². The fraction of sp³-hybridized carbons (Fsp3) is 0.524. The van der Waals surface area contributed by atoms with Crippen molar-refractivity contribution in [3.05, 3.63) is 36.0 Å². The zero-order valence-corrected chi connectivity index (χ0v) is 16.8. The Morgan fingerprint density at radius 1 is 1.30 bits per heavy atom. The SMILES string of the molecule is CC[C@H]1SC2(CCN(C)CC2)N(C(=O)CCc2c[nH]c3ccccc23)C1=O. The number of aromatic amines is 1. The first kappa shape index (κ1) is 18.6. The quantitative estimate of drug-likeness (QED) is 0.876. The van der Waals surface area contributed by atoms with E-state index in [1.807, 2.05) is 31.3 Å². The van der Waals surface area contributed by atoms with Gasteiger partial charge in [-0.1, -0.05) is 25.1 Å². The molecule has 0 bridgehead atoms. The minimum Gasteiger partial charge on any atom is -0.361 e. The lowest BCUT2D eigenvalue weighted by molar-refractivity contribution is -0.148. The number of hydrogen-bond acceptors (Lipinski definition) is 4. The fourth-order valence-electron chi connectivity index (χ4n) is 4.32. The summed E-state index contributed by atoms with van der Waals surface area (Å²) in [6.07, 6.45) is 5.54. The molecule has 6 heteroatoms. The number of benzene rings is 1. The second-order valence-electron chi connectivity index (χ2n) is 7.69. The summed E-state index contributed by atoms with van der Waals surface area (Å²) in [5, 5.41) is 1.08. The third-order valence-corrected chi connectivity index (χ3v) is 7.79. The minimum atomic E-state index is -0.332. The number of nitrogens with one attached hydrogen (secondary N) is 1. The molecule has 1 aromatic heterocycles. The molecule has 144 valence electrons. The van der Waals surface area contributed by atoms with E-state index in [-0.39, 0.29) is 21.9 Å². The summed E-state index contributed by atoms with van der Waals surface area (Å²) in [6.45, 7) is 3.91. The molecule has 2 saturated heterocycles. The van der Waals surface area contributed by atoms with E-state index in [1.165, 1.54) is 0 Å². The van der Waals surface area contributed by atoms with Gasteiger partial charge in [0.2, 0.25) is 11.8 Å². The lowest BCUT2D eigenvalue weighted by Gasteiger charge is -2.42. The van der Waals surface area contributed by atoms with Crippen LogP contribution in [0.1, 0.15) is 38.2 Å². The van der Waals surface area contributed by atoms with Crippen LogP contribution in [0.4, 0.5) is 0 Å². The molecule has 0 aliphatic carbocycles. The number of aromatic nitrogens is 1. The second-order valence-corrected chi connectivity index (χ2v) is 9.26. The van der Waals surface area contributed by atoms with E-state index >= 15 is 0 Å². The topological polar surface area (TPSA) is 56.4 Å². The highest BCUT2D eigenvalue weighted by Crippen LogP contribution is 2.49. The van der Waals surface area contributed by atoms with Crippen LogP contribution in [0.5, 0.6) is 0 Å². The van der Waals surface area contributed by atoms with Crippen LogP contribution < -0.4 is 0 Å². The van der Waals surface area contributed by atoms with Gasteiger partial charge in [-0.2, -0.15) is 0 Å². The van der Waals surface area contributed by atoms with Crippen molar-refractivity contribution in [2.45, 2.75) is 49.1 Å². The number of amides is 2. The maximum Gasteiger partial charge on any atom is 0.243 e. The van der Waals surface area contributed by atoms with Crippen molar-refractivity contribution < 1.29 is 9.59 Å². The summed E-state index contributed by atoms with van der Waals surface area (Å²) < 4.78 is 0. The van der Waals surface area contributed by atoms with Crippen LogP contribution in [0.2, 0.25) is 0 Å². The summed E-state index contributed by atoms with van der Waals surface area (Å²) in [6, 6.07) is 8.14. The Morgan fingerprint density at radius 3 is 2.78 bits per heavy atom. The van der Waals surface area contributed by atoms with Crippen LogP contribution in [0, 0.1) is 0 Å². The maximum absolute atomic E-state index is 13.2. The molecule has 2 aliphatic rings. The number of H-pyrrole nitrogens is 1. The number of piperidine rings is 1. The number of thioether (sulfide) groups is 1. The van der Waals surface area contributed by atoms with Crippen LogP contribution >= 0.6 is 11.8 Å². The normalized spacial score (nSPS) is 22.8. The molecule has 0 unspecified atom stereocenters. The van der Waals surface area contributed by atoms with Crippen LogP contribution in [-0.4, -0.2) is 56.9 Å². The van der Waals surface area contributed by atoms with Gasteiger partial charge in [-0.3, -0.25) is 14.5 Å². The number of hydrogen-bond donors (Lipinski definition) is 1. The fourth-order valence-corrected chi connectivity index (χ4v) is 5.94. The van der Waals surface area contributed by atoms with Gasteiger partial charge in [-0.25, -0.2) is 0 Å². The first-order valence-corrected chi connectivity index (χ1v) is 10.7. The first-order valence-electron chi connectivity index (χ1n) is 9.82. The van der Waals surface area contributed by atoms with E-state index in [4.69, 9.17) is 0 Å². The number of aryl methyl sites for hydroxylation is 1. The number of nitrogens with zero attached hydrogens (tertiary/aromatic N) is 2. The Hall–Kier alpha value is -1.79. The molecule has 3 heterocycles. The minimum absolute atomic E-state index is 0.0155. The smallest absolute Gasteiger partial charge is 0.243 e. The number of carbonyl (C=O) groups excluding carboxylic acids is 2. The van der Waals surface area contributed by atoms with E-state index in [9.17, 15) is 9.59 Å². The van der Waals surface area contributed by atoms with Gasteiger partial charge in [0.15, 0.2) is 0 Å². The second kappa shape index (κ2) is 7.32. The third kappa shape index (κ3) is 3.29. The Morgan fingerprint density at radius 2 is 2.04 bits per heavy atom. The number of fused-ring (bicyclic) bond motifs is 1. The van der Waals surface area contributed by atoms with Crippen LogP contribution in [0.25, 0.3) is 10.9 Å². The van der Waals surface area contributed by atoms with E-state index in [2.05, 4.69) is 23.0 Å². The maximum atomic E-state index is 13.2. The van der Waals surface area contributed by atoms with Gasteiger partial charge in [-0.05, 0) is 44.4 Å². The van der Waals surface area contributed by atoms with Crippen molar-refractivity contribution in [3.8, 4) is 0 Å². The number of imide groups is 1. The molecule has 2 aliphatic heterocycles. The summed E-state index contributed by atoms with van der Waals surface area (Å²) in [5.74, 6) is 0.00858. The number of para-hydroxylation sites is 1. The molecule has 2 amide bonds. The zero-order valence-electron chi connectivity index (χ0n) is 16.0. The highest BCUT2D eigenvalue weighted by molar-refractivity contribution is 8.02. The molecule has 5 nitrogen and oxygen atoms in total. The van der Waals surface area contributed by atoms with Gasteiger partial charge < -0.3 is 9.88 Å². The Balaban J connectivity index is 1.52. The molecule has 2 aromatic rings. The lowest BCUT2D eigenvalue weighted by Crippen LogP contribution is -2.53. The van der Waals surface area contributed by atoms with Gasteiger partial charge in [-0.15, -0.1) is 11.8 Å². The van der Waals surface area contributed by atoms with E-state index in [0.717, 1.165) is 48.8 Å². The number of carbonyl (C=O) groups is 2. The summed E-state index contributed by atoms with van der Waals surface area (Å²) in [5.41, 5.74) is 2.23. The molecule has 4 rings (SSSR count). The molecule has 1 aromatic carbocycles. The van der Waals surface area contributed by atoms with E-state index in [0.29, 0.717) is 12.8 Å². The van der Waals surface area contributed by atoms with Gasteiger partial charge in [0.05, 0.1) is 10.1 Å². The van der Waals surface area contributed by atoms with Crippen molar-refractivity contribution in [2.75, 3.05) is 20.1 Å². The van der Waals surface area contributed by atoms with E-state index < -0.39 is 0 Å². The molecule has 1 atom stereocenters. The van der Waals surface area contributed by atoms with E-state index in [1.54, 1.807) is 16.7 Å². The molecular weight excluding hydrogens is 358 g/mol. The largest absolute Gasteiger partial charge is 0.361 e. The molecule has 27 heavy (non-hydrogen) atoms. The standard InChI is InChI=1S/C21H27N3O2S/c1-3-18-20(26)24(21(27-18)10-12-23(2)13-11-21)19(25)9-8-15-14-22-17-7-5-4-6-16(15)17/h4-7,14,18,22H,3,8-13H2,1-2H3/t18-/m1/s1. The lowest BCUT2D eigenvalue weighted by atomic mass is 10.0. The molecule has 0 saturated carbocycles. The van der Waals surface area contributed by atoms with Crippen molar-refractivity contribution in [1.82, 2.24) is 14.8 Å². The molecule has 1 N–H and O–H groups in total. The van der Waals surface area contributed by atoms with Crippen LogP contribution in [0.3, 0.4) is 0 Å². The van der Waals surface area contributed by atoms with Crippen molar-refractivity contribution in [3.63, 3.8) is 0 Å². The van der Waals surface area contributed by atoms with Crippen LogP contribution in [0.15, 0.2) is 30.5 Å². The number of rotatable bonds is 4. The third-order valence-electron chi connectivity index (χ3n) is 5.94. The summed E-state index contributed by atoms with van der Waals surface area (Å²) >= 11 is 1.73. The highest BCUT2D eigenvalue weighted by Gasteiger charge is 2.54. The summed E-state index contributed by atoms with van der Waals surface area (Å²) in [7, 11) is 2.11. The van der Waals surface area contributed by atoms with Crippen LogP contribution in [-0.2, 0) is 16.0 Å². The first-order chi connectivity index (χ1) is 13.0. The van der Waals surface area contributed by atoms with Crippen molar-refractivity contribution in [1.29, 1.82) is 0 Å². The monoisotopic (exact) mass is 385 g/mol. The molecule has 2 fully saturated rings. The number of likely N-dealkylation sites (tertiary alicyclic amines) is 1. The molecule has 1 spiro atoms. The van der Waals surface area contributed by atoms with Gasteiger partial charge in [0, 0.05) is 36.6 Å². The predicted octanol–water partition coefficient (Wildman–Crippen LogP) is 3.40. The average Bonchev–Trinajstić information content (AvgIpc) is 3.21. The zero-order chi connectivity index (χ0) is 19.0. The average molecular weight is 386 g/mol. The molecule has 0 radical (unpaired) electrons. The van der Waals surface area contributed by atoms with Crippen molar-refractivity contribution in [2.24, 2.45) is 0 Å². The highest BCUT2D eigenvalue weighted by atomic mass is 32.2. The molecular formula is C21H27N3O2S. The van der Waals surface area contributed by atoms with Gasteiger partial charge in [0.25, 0.3) is 0 Å². The van der Waals surface area contributed by atoms with Gasteiger partial charge in [0.1, 0.15) is 0 Å².